The van der Waals surface area contributed by atoms with Crippen molar-refractivity contribution in [3.05, 3.63) is 0 Å². The maximum absolute atomic E-state index is 10.7. The average Bonchev–Trinajstić information content (AvgIpc) is 2.83. The maximum Gasteiger partial charge on any atom is 0.0859 e. The molecule has 2 fully saturated rings. The Hall–Kier alpha value is -0.120. The monoisotopic (exact) mass is 270 g/mol. The van der Waals surface area contributed by atoms with Gasteiger partial charge >= 0.3 is 0 Å². The van der Waals surface area contributed by atoms with Gasteiger partial charge < -0.3 is 14.6 Å². The standard InChI is InChI=1S/C16H30O3/c1-4-18-15(12(2)3)14(17)13-7-10-19-16(11-13)8-5-6-9-16/h12-15,17H,4-11H2,1-3H3. The van der Waals surface area contributed by atoms with Crippen molar-refractivity contribution < 1.29 is 14.6 Å². The van der Waals surface area contributed by atoms with Gasteiger partial charge in [-0.2, -0.15) is 0 Å². The summed E-state index contributed by atoms with van der Waals surface area (Å²) in [4.78, 5) is 0. The van der Waals surface area contributed by atoms with Gasteiger partial charge in [0.05, 0.1) is 17.8 Å². The molecule has 1 saturated heterocycles. The van der Waals surface area contributed by atoms with E-state index in [0.29, 0.717) is 18.4 Å². The van der Waals surface area contributed by atoms with E-state index in [1.807, 2.05) is 6.92 Å². The molecule has 1 heterocycles. The van der Waals surface area contributed by atoms with Gasteiger partial charge in [-0.05, 0) is 44.4 Å². The average molecular weight is 270 g/mol. The van der Waals surface area contributed by atoms with Crippen molar-refractivity contribution in [2.24, 2.45) is 11.8 Å². The Balaban J connectivity index is 1.99. The number of aliphatic hydroxyl groups is 1. The largest absolute Gasteiger partial charge is 0.390 e. The number of ether oxygens (including phenoxy) is 2. The zero-order valence-corrected chi connectivity index (χ0v) is 12.7. The van der Waals surface area contributed by atoms with E-state index < -0.39 is 0 Å². The van der Waals surface area contributed by atoms with E-state index in [4.69, 9.17) is 9.47 Å². The summed E-state index contributed by atoms with van der Waals surface area (Å²) in [5, 5.41) is 10.7. The molecule has 2 rings (SSSR count). The molecule has 0 radical (unpaired) electrons. The molecule has 3 unspecified atom stereocenters. The lowest BCUT2D eigenvalue weighted by Gasteiger charge is -2.42. The molecule has 0 aromatic rings. The predicted octanol–water partition coefficient (Wildman–Crippen LogP) is 3.15. The van der Waals surface area contributed by atoms with E-state index in [0.717, 1.165) is 19.4 Å². The predicted molar refractivity (Wildman–Crippen MR) is 76.1 cm³/mol. The van der Waals surface area contributed by atoms with Crippen LogP contribution in [0.25, 0.3) is 0 Å². The van der Waals surface area contributed by atoms with Gasteiger partial charge in [0.25, 0.3) is 0 Å². The highest BCUT2D eigenvalue weighted by atomic mass is 16.5. The van der Waals surface area contributed by atoms with Gasteiger partial charge in [-0.25, -0.2) is 0 Å². The Morgan fingerprint density at radius 1 is 1.32 bits per heavy atom. The van der Waals surface area contributed by atoms with Gasteiger partial charge in [-0.3, -0.25) is 0 Å². The normalized spacial score (nSPS) is 29.8. The van der Waals surface area contributed by atoms with Crippen molar-refractivity contribution in [3.63, 3.8) is 0 Å². The maximum atomic E-state index is 10.7. The van der Waals surface area contributed by atoms with Gasteiger partial charge in [0, 0.05) is 13.2 Å². The molecule has 1 aliphatic heterocycles. The van der Waals surface area contributed by atoms with Gasteiger partial charge in [0.15, 0.2) is 0 Å². The Morgan fingerprint density at radius 3 is 2.58 bits per heavy atom. The summed E-state index contributed by atoms with van der Waals surface area (Å²) in [7, 11) is 0. The zero-order valence-electron chi connectivity index (χ0n) is 12.7. The van der Waals surface area contributed by atoms with E-state index in [1.54, 1.807) is 0 Å². The summed E-state index contributed by atoms with van der Waals surface area (Å²) in [6.07, 6.45) is 6.52. The van der Waals surface area contributed by atoms with Crippen LogP contribution >= 0.6 is 0 Å². The number of rotatable bonds is 5. The minimum atomic E-state index is -0.346. The first-order valence-corrected chi connectivity index (χ1v) is 8.01. The summed E-state index contributed by atoms with van der Waals surface area (Å²) < 4.78 is 11.8. The summed E-state index contributed by atoms with van der Waals surface area (Å²) >= 11 is 0. The van der Waals surface area contributed by atoms with E-state index in [-0.39, 0.29) is 17.8 Å². The lowest BCUT2D eigenvalue weighted by Crippen LogP contribution is -2.46. The van der Waals surface area contributed by atoms with Crippen LogP contribution in [0.5, 0.6) is 0 Å². The Morgan fingerprint density at radius 2 is 2.00 bits per heavy atom. The molecule has 1 N–H and O–H groups in total. The van der Waals surface area contributed by atoms with Gasteiger partial charge in [-0.1, -0.05) is 26.7 Å². The molecule has 2 aliphatic rings. The first kappa shape index (κ1) is 15.3. The third-order valence-electron chi connectivity index (χ3n) is 4.88. The van der Waals surface area contributed by atoms with Crippen molar-refractivity contribution in [2.75, 3.05) is 13.2 Å². The lowest BCUT2D eigenvalue weighted by atomic mass is 9.78. The van der Waals surface area contributed by atoms with Crippen LogP contribution in [-0.2, 0) is 9.47 Å². The van der Waals surface area contributed by atoms with E-state index in [2.05, 4.69) is 13.8 Å². The molecule has 1 saturated carbocycles. The minimum Gasteiger partial charge on any atom is -0.390 e. The molecule has 1 aliphatic carbocycles. The minimum absolute atomic E-state index is 0.0356. The second kappa shape index (κ2) is 6.55. The summed E-state index contributed by atoms with van der Waals surface area (Å²) in [5.74, 6) is 0.697. The quantitative estimate of drug-likeness (QED) is 0.834. The fraction of sp³-hybridized carbons (Fsp3) is 1.00. The van der Waals surface area contributed by atoms with E-state index >= 15 is 0 Å². The third-order valence-corrected chi connectivity index (χ3v) is 4.88. The molecular formula is C16H30O3. The first-order chi connectivity index (χ1) is 9.08. The topological polar surface area (TPSA) is 38.7 Å². The summed E-state index contributed by atoms with van der Waals surface area (Å²) in [6.45, 7) is 7.75. The smallest absolute Gasteiger partial charge is 0.0859 e. The van der Waals surface area contributed by atoms with Crippen LogP contribution in [0.4, 0.5) is 0 Å². The molecule has 3 nitrogen and oxygen atoms in total. The highest BCUT2D eigenvalue weighted by Gasteiger charge is 2.43. The van der Waals surface area contributed by atoms with Crippen molar-refractivity contribution >= 4 is 0 Å². The Labute approximate surface area is 117 Å². The Kier molecular flexibility index (Phi) is 5.27. The summed E-state index contributed by atoms with van der Waals surface area (Å²) in [6, 6.07) is 0. The van der Waals surface area contributed by atoms with Crippen molar-refractivity contribution in [2.45, 2.75) is 77.1 Å². The van der Waals surface area contributed by atoms with Crippen molar-refractivity contribution in [1.82, 2.24) is 0 Å². The molecule has 0 amide bonds. The number of aliphatic hydroxyl groups excluding tert-OH is 1. The summed E-state index contributed by atoms with van der Waals surface area (Å²) in [5.41, 5.74) is 0.0810. The highest BCUT2D eigenvalue weighted by Crippen LogP contribution is 2.43. The second-order valence-corrected chi connectivity index (χ2v) is 6.65. The molecule has 1 spiro atoms. The highest BCUT2D eigenvalue weighted by molar-refractivity contribution is 4.94. The second-order valence-electron chi connectivity index (χ2n) is 6.65. The van der Waals surface area contributed by atoms with E-state index in [1.165, 1.54) is 25.7 Å². The molecule has 3 heteroatoms. The number of hydrogen-bond acceptors (Lipinski definition) is 3. The van der Waals surface area contributed by atoms with Crippen LogP contribution in [0.2, 0.25) is 0 Å². The lowest BCUT2D eigenvalue weighted by molar-refractivity contribution is -0.143. The van der Waals surface area contributed by atoms with Crippen LogP contribution < -0.4 is 0 Å². The van der Waals surface area contributed by atoms with Crippen LogP contribution in [0.3, 0.4) is 0 Å². The van der Waals surface area contributed by atoms with Crippen LogP contribution in [0, 0.1) is 11.8 Å². The van der Waals surface area contributed by atoms with Crippen LogP contribution in [-0.4, -0.2) is 36.1 Å². The fourth-order valence-corrected chi connectivity index (χ4v) is 3.87. The molecule has 19 heavy (non-hydrogen) atoms. The van der Waals surface area contributed by atoms with E-state index in [9.17, 15) is 5.11 Å². The van der Waals surface area contributed by atoms with Gasteiger partial charge in [0.1, 0.15) is 0 Å². The molecule has 0 aromatic carbocycles. The molecule has 0 aromatic heterocycles. The molecule has 0 bridgehead atoms. The number of hydrogen-bond donors (Lipinski definition) is 1. The molecule has 3 atom stereocenters. The fourth-order valence-electron chi connectivity index (χ4n) is 3.87. The molecular weight excluding hydrogens is 240 g/mol. The SMILES string of the molecule is CCOC(C(C)C)C(O)C1CCOC2(CCCC2)C1. The van der Waals surface area contributed by atoms with Gasteiger partial charge in [0.2, 0.25) is 0 Å². The zero-order chi connectivity index (χ0) is 13.9. The third kappa shape index (κ3) is 3.50. The van der Waals surface area contributed by atoms with Crippen molar-refractivity contribution in [3.8, 4) is 0 Å². The van der Waals surface area contributed by atoms with Crippen molar-refractivity contribution in [1.29, 1.82) is 0 Å². The molecule has 112 valence electrons. The van der Waals surface area contributed by atoms with Gasteiger partial charge in [-0.15, -0.1) is 0 Å². The first-order valence-electron chi connectivity index (χ1n) is 8.01. The van der Waals surface area contributed by atoms with Crippen LogP contribution in [0.1, 0.15) is 59.3 Å². The van der Waals surface area contributed by atoms with Crippen LogP contribution in [0.15, 0.2) is 0 Å². The Bertz CT molecular complexity index is 271.